The number of carbonyl (C=O) groups excluding carboxylic acids is 17. The monoisotopic (exact) mass is 1880 g/mol. The van der Waals surface area contributed by atoms with Crippen molar-refractivity contribution in [3.63, 3.8) is 0 Å². The number of rotatable bonds is 26. The van der Waals surface area contributed by atoms with Crippen molar-refractivity contribution in [2.75, 3.05) is 78.6 Å². The minimum Gasteiger partial charge on any atom is -0.508 e. The van der Waals surface area contributed by atoms with Crippen LogP contribution in [-0.2, 0) is 101 Å². The first-order chi connectivity index (χ1) is 62.9. The highest BCUT2D eigenvalue weighted by molar-refractivity contribution is 8.00. The lowest BCUT2D eigenvalue weighted by Crippen LogP contribution is -2.61. The number of benzene rings is 3. The standard InChI is InChI=1S/C87H123N21O22S2/c1-7-9-21-65-79(123)97-56(20-15-31-92-87(90)91)75(119)103-64(74(118)94-41-71(89)115)45-131-46-72(116)95-60(35-48-25-27-51(112)28-26-48)82(126)104(4)47(3)73(117)100-62(39-70(88)114)85(129)107-32-16-23-66(107)80(124)102-63(43-111)78(122)98-58(30-34-110)84(128)108-42-52(113)38-68(108)81(125)99-59(36-49-40-93-55-19-13-11-17-53(49)55)77(121)96-57(29-33-109)76(120)101-61(37-50-44-132-69-24-14-12-18-54(50)69)83(127)106(6)67(22-10-8-2)86(130)105(65)5/h11-14,17-19,24-28,40,44,47,52,56-68,93,109-113H,7-10,15-16,20-23,29-39,41-43,45-46H2,1-6H3,(H2,88,114)(H2,89,115)(H,94,118)(H,95,116)(H,96,121)(H,97,123)(H,98,122)(H,99,125)(H,100,117)(H,101,120)(H,102,124)(H,103,119)(H4,90,91,92)/t47-,52+,56-,57-,58-,59-,60-,61-,62+,63-,64-,65-,66-,67-,68-/m0/s1. The summed E-state index contributed by atoms with van der Waals surface area (Å²) in [5.41, 5.74) is 18.7. The molecule has 0 aliphatic carbocycles. The van der Waals surface area contributed by atoms with Crippen molar-refractivity contribution in [1.29, 1.82) is 5.41 Å². The number of carbonyl (C=O) groups is 17. The Labute approximate surface area is 770 Å². The topological polar surface area (TPSA) is 658 Å². The van der Waals surface area contributed by atoms with Crippen LogP contribution >= 0.6 is 23.1 Å². The van der Waals surface area contributed by atoms with Crippen LogP contribution in [0.3, 0.4) is 0 Å². The Bertz CT molecular complexity index is 4940. The van der Waals surface area contributed by atoms with Gasteiger partial charge in [-0.05, 0) is 110 Å². The summed E-state index contributed by atoms with van der Waals surface area (Å²) in [4.78, 5) is 256. The molecule has 3 aliphatic rings. The highest BCUT2D eigenvalue weighted by Crippen LogP contribution is 2.30. The number of nitrogens with zero attached hydrogens (tertiary/aromatic N) is 5. The molecule has 132 heavy (non-hydrogen) atoms. The number of primary amides is 2. The van der Waals surface area contributed by atoms with E-state index in [1.807, 2.05) is 32.0 Å². The van der Waals surface area contributed by atoms with Crippen LogP contribution in [-0.4, -0.2) is 331 Å². The van der Waals surface area contributed by atoms with Gasteiger partial charge >= 0.3 is 0 Å². The van der Waals surface area contributed by atoms with Crippen molar-refractivity contribution in [2.24, 2.45) is 17.2 Å². The number of aliphatic hydroxyl groups is 4. The summed E-state index contributed by atoms with van der Waals surface area (Å²) in [5, 5.41) is 92.5. The number of nitrogens with one attached hydrogen (secondary N) is 13. The van der Waals surface area contributed by atoms with E-state index in [4.69, 9.17) is 22.6 Å². The SMILES string of the molecule is CCCC[C@H]1C(=O)N(C)[C@@H](CCCC)C(=O)N[C@@H](CCCNC(=N)N)C(=O)N[C@H](C(=O)NCC(N)=O)CSCC(=O)N[C@@H](Cc2ccc(O)cc2)C(=O)N(C)[C@@H](C)C(=O)N[C@H](CC(N)=O)C(=O)N2CCC[C@H]2C(=O)N[C@@H](CO)C(=O)N[C@@H](CCO)C(=O)N2C[C@H](O)C[C@H]2C(=O)N[C@@H](Cc2c[nH]c3ccccc23)C(=O)N[C@@H](CCO)C(=O)N[C@@H](Cc2csc3ccccc23)C(=O)N1C. The number of thiophene rings is 1. The molecule has 15 atom stereocenters. The third-order valence-corrected chi connectivity index (χ3v) is 25.4. The van der Waals surface area contributed by atoms with E-state index >= 15 is 28.8 Å². The number of fused-ring (bicyclic) bond motifs is 4. The van der Waals surface area contributed by atoms with Crippen molar-refractivity contribution in [3.05, 3.63) is 101 Å². The lowest BCUT2D eigenvalue weighted by atomic mass is 9.99. The highest BCUT2D eigenvalue weighted by atomic mass is 32.2. The number of aliphatic hydroxyl groups excluding tert-OH is 4. The molecule has 2 aromatic heterocycles. The van der Waals surface area contributed by atoms with Crippen LogP contribution in [0.15, 0.2) is 84.4 Å². The number of para-hydroxylation sites is 1. The van der Waals surface area contributed by atoms with Crippen molar-refractivity contribution in [1.82, 2.24) is 88.0 Å². The smallest absolute Gasteiger partial charge is 0.246 e. The Kier molecular flexibility index (Phi) is 40.3. The number of thioether (sulfide) groups is 1. The molecule has 0 spiro atoms. The van der Waals surface area contributed by atoms with Crippen LogP contribution in [0.25, 0.3) is 21.0 Å². The third-order valence-electron chi connectivity index (χ3n) is 23.4. The first-order valence-corrected chi connectivity index (χ1v) is 45.9. The zero-order chi connectivity index (χ0) is 96.7. The molecule has 3 saturated heterocycles. The molecule has 0 bridgehead atoms. The number of unbranched alkanes of at least 4 members (excludes halogenated alkanes) is 2. The fourth-order valence-electron chi connectivity index (χ4n) is 15.9. The maximum Gasteiger partial charge on any atom is 0.246 e. The van der Waals surface area contributed by atoms with E-state index in [0.717, 1.165) is 41.0 Å². The van der Waals surface area contributed by atoms with E-state index in [1.54, 1.807) is 41.9 Å². The molecule has 24 N–H and O–H groups in total. The normalized spacial score (nSPS) is 25.0. The number of hydrogen-bond acceptors (Lipinski definition) is 25. The minimum atomic E-state index is -1.91. The first kappa shape index (κ1) is 105. The minimum absolute atomic E-state index is 0.00897. The van der Waals surface area contributed by atoms with E-state index in [1.165, 1.54) is 63.7 Å². The number of amides is 17. The van der Waals surface area contributed by atoms with E-state index in [9.17, 15) is 78.3 Å². The maximum atomic E-state index is 15.8. The van der Waals surface area contributed by atoms with Gasteiger partial charge in [0.15, 0.2) is 5.96 Å². The van der Waals surface area contributed by atoms with Gasteiger partial charge in [-0.15, -0.1) is 23.1 Å². The number of phenols is 1. The molecule has 3 aromatic carbocycles. The van der Waals surface area contributed by atoms with Crippen LogP contribution < -0.4 is 75.7 Å². The van der Waals surface area contributed by atoms with Crippen molar-refractivity contribution < 1.29 is 107 Å². The zero-order valence-corrected chi connectivity index (χ0v) is 76.2. The van der Waals surface area contributed by atoms with Crippen LogP contribution in [0, 0.1) is 5.41 Å². The van der Waals surface area contributed by atoms with Crippen molar-refractivity contribution in [2.45, 2.75) is 221 Å². The Morgan fingerprint density at radius 2 is 1.08 bits per heavy atom. The van der Waals surface area contributed by atoms with E-state index in [0.29, 0.717) is 58.7 Å². The Balaban J connectivity index is 1.19. The molecule has 5 aromatic rings. The Morgan fingerprint density at radius 3 is 1.75 bits per heavy atom. The third kappa shape index (κ3) is 29.2. The average Bonchev–Trinajstić information content (AvgIpc) is 1.61. The van der Waals surface area contributed by atoms with Gasteiger partial charge in [0.2, 0.25) is 100 Å². The number of nitrogens with two attached hydrogens (primary N) is 3. The van der Waals surface area contributed by atoms with E-state index in [-0.39, 0.29) is 76.6 Å². The average molecular weight is 1880 g/mol. The number of guanidine groups is 1. The summed E-state index contributed by atoms with van der Waals surface area (Å²) in [5.74, 6) is -18.5. The van der Waals surface area contributed by atoms with Crippen molar-refractivity contribution >= 4 is 150 Å². The zero-order valence-electron chi connectivity index (χ0n) is 74.6. The fourth-order valence-corrected chi connectivity index (χ4v) is 17.8. The number of hydrogen-bond donors (Lipinski definition) is 21. The quantitative estimate of drug-likeness (QED) is 0.0141. The van der Waals surface area contributed by atoms with Crippen molar-refractivity contribution in [3.8, 4) is 5.75 Å². The van der Waals surface area contributed by atoms with Gasteiger partial charge in [0.05, 0.1) is 31.4 Å². The molecule has 3 fully saturated rings. The number of aromatic amines is 1. The van der Waals surface area contributed by atoms with Crippen LogP contribution in [0.2, 0.25) is 0 Å². The summed E-state index contributed by atoms with van der Waals surface area (Å²) in [6.07, 6.45) is -1.63. The lowest BCUT2D eigenvalue weighted by Gasteiger charge is -2.36. The summed E-state index contributed by atoms with van der Waals surface area (Å²) >= 11 is 2.09. The van der Waals surface area contributed by atoms with E-state index < -0.39 is 267 Å². The summed E-state index contributed by atoms with van der Waals surface area (Å²) in [6, 6.07) is -2.86. The maximum absolute atomic E-state index is 15.8. The Morgan fingerprint density at radius 1 is 0.530 bits per heavy atom. The number of aromatic nitrogens is 1. The second-order valence-corrected chi connectivity index (χ2v) is 34.9. The molecule has 0 radical (unpaired) electrons. The van der Waals surface area contributed by atoms with Gasteiger partial charge in [-0.2, -0.15) is 0 Å². The number of H-pyrrole nitrogens is 1. The molecule has 0 unspecified atom stereocenters. The molecular weight excluding hydrogens is 1760 g/mol. The van der Waals surface area contributed by atoms with Crippen LogP contribution in [0.4, 0.5) is 0 Å². The number of phenolic OH excluding ortho intramolecular Hbond substituents is 1. The molecule has 17 amide bonds. The number of aromatic hydroxyl groups is 1. The first-order valence-electron chi connectivity index (χ1n) is 43.8. The van der Waals surface area contributed by atoms with Crippen LogP contribution in [0.1, 0.15) is 127 Å². The molecule has 3 aliphatic heterocycles. The molecule has 8 rings (SSSR count). The van der Waals surface area contributed by atoms with Gasteiger partial charge in [0, 0.05) is 107 Å². The summed E-state index contributed by atoms with van der Waals surface area (Å²) in [7, 11) is 3.88. The van der Waals surface area contributed by atoms with Gasteiger partial charge in [0.1, 0.15) is 90.3 Å². The molecular formula is C87H123N21O22S2. The highest BCUT2D eigenvalue weighted by Gasteiger charge is 2.47. The second-order valence-electron chi connectivity index (χ2n) is 33.0. The fraction of sp³-hybridized carbons (Fsp3) is 0.540. The second kappa shape index (κ2) is 50.7. The van der Waals surface area contributed by atoms with Gasteiger partial charge in [-0.25, -0.2) is 0 Å². The van der Waals surface area contributed by atoms with E-state index in [2.05, 4.69) is 63.5 Å². The predicted molar refractivity (Wildman–Crippen MR) is 485 cm³/mol. The Hall–Kier alpha value is -12.6. The molecule has 720 valence electrons. The molecule has 43 nitrogen and oxygen atoms in total. The van der Waals surface area contributed by atoms with Gasteiger partial charge in [-0.3, -0.25) is 86.9 Å². The molecule has 0 saturated carbocycles. The summed E-state index contributed by atoms with van der Waals surface area (Å²) < 4.78 is 0.807. The lowest BCUT2D eigenvalue weighted by molar-refractivity contribution is -0.149. The van der Waals surface area contributed by atoms with Gasteiger partial charge < -0.3 is 131 Å². The van der Waals surface area contributed by atoms with Gasteiger partial charge in [0.25, 0.3) is 0 Å². The van der Waals surface area contributed by atoms with Gasteiger partial charge in [-0.1, -0.05) is 88.1 Å². The molecule has 5 heterocycles. The number of likely N-dealkylation sites (N-methyl/N-ethyl adjacent to an activating group) is 3. The van der Waals surface area contributed by atoms with Crippen LogP contribution in [0.5, 0.6) is 5.75 Å². The predicted octanol–water partition coefficient (Wildman–Crippen LogP) is -4.44. The largest absolute Gasteiger partial charge is 0.508 e. The molecule has 45 heteroatoms. The summed E-state index contributed by atoms with van der Waals surface area (Å²) in [6.45, 7) is 0.747.